The summed E-state index contributed by atoms with van der Waals surface area (Å²) in [7, 11) is 0. The normalized spacial score (nSPS) is 20.9. The molecule has 1 fully saturated rings. The Morgan fingerprint density at radius 3 is 2.81 bits per heavy atom. The molecule has 0 saturated heterocycles. The van der Waals surface area contributed by atoms with Crippen LogP contribution in [0.2, 0.25) is 0 Å². The Bertz CT molecular complexity index is 611. The van der Waals surface area contributed by atoms with E-state index in [9.17, 15) is 4.39 Å². The second kappa shape index (κ2) is 6.18. The number of anilines is 1. The van der Waals surface area contributed by atoms with Gasteiger partial charge < -0.3 is 11.1 Å². The summed E-state index contributed by atoms with van der Waals surface area (Å²) in [6, 6.07) is 9.11. The summed E-state index contributed by atoms with van der Waals surface area (Å²) in [6.45, 7) is 0.640. The summed E-state index contributed by atoms with van der Waals surface area (Å²) in [5.74, 6) is 1.08. The van der Waals surface area contributed by atoms with Gasteiger partial charge in [-0.2, -0.15) is 0 Å². The second-order valence-electron chi connectivity index (χ2n) is 5.52. The van der Waals surface area contributed by atoms with Gasteiger partial charge in [0.15, 0.2) is 0 Å². The van der Waals surface area contributed by atoms with Crippen LogP contribution in [0.15, 0.2) is 36.7 Å². The van der Waals surface area contributed by atoms with Gasteiger partial charge in [0.25, 0.3) is 0 Å². The molecule has 1 saturated carbocycles. The summed E-state index contributed by atoms with van der Waals surface area (Å²) in [4.78, 5) is 8.52. The first-order valence-corrected chi connectivity index (χ1v) is 7.27. The second-order valence-corrected chi connectivity index (χ2v) is 5.52. The van der Waals surface area contributed by atoms with Crippen molar-refractivity contribution in [3.05, 3.63) is 53.7 Å². The molecule has 0 amide bonds. The minimum Gasteiger partial charge on any atom is -0.370 e. The Balaban J connectivity index is 1.56. The lowest BCUT2D eigenvalue weighted by molar-refractivity contribution is 0.345. The number of halogens is 1. The number of nitrogens with two attached hydrogens (primary N) is 1. The highest BCUT2D eigenvalue weighted by atomic mass is 19.1. The van der Waals surface area contributed by atoms with E-state index in [1.807, 2.05) is 12.1 Å². The fraction of sp³-hybridized carbons (Fsp3) is 0.375. The van der Waals surface area contributed by atoms with Crippen LogP contribution in [-0.4, -0.2) is 22.6 Å². The molecule has 1 heterocycles. The van der Waals surface area contributed by atoms with E-state index >= 15 is 0 Å². The maximum absolute atomic E-state index is 13.5. The molecule has 1 aliphatic rings. The predicted octanol–water partition coefficient (Wildman–Crippen LogP) is 2.48. The van der Waals surface area contributed by atoms with Crippen molar-refractivity contribution >= 4 is 5.82 Å². The molecule has 5 heteroatoms. The number of nitrogens with zero attached hydrogens (tertiary/aromatic N) is 2. The number of aromatic nitrogens is 2. The van der Waals surface area contributed by atoms with E-state index in [0.717, 1.165) is 24.4 Å². The van der Waals surface area contributed by atoms with Crippen LogP contribution < -0.4 is 11.1 Å². The van der Waals surface area contributed by atoms with E-state index < -0.39 is 0 Å². The van der Waals surface area contributed by atoms with Crippen LogP contribution in [0.25, 0.3) is 0 Å². The first kappa shape index (κ1) is 13.9. The average Bonchev–Trinajstić information content (AvgIpc) is 2.46. The molecule has 0 unspecified atom stereocenters. The van der Waals surface area contributed by atoms with E-state index in [-0.39, 0.29) is 5.82 Å². The van der Waals surface area contributed by atoms with Gasteiger partial charge in [0, 0.05) is 30.3 Å². The summed E-state index contributed by atoms with van der Waals surface area (Å²) in [5, 5.41) is 3.23. The highest BCUT2D eigenvalue weighted by Crippen LogP contribution is 2.34. The number of benzene rings is 1. The van der Waals surface area contributed by atoms with Gasteiger partial charge in [-0.3, -0.25) is 0 Å². The lowest BCUT2D eigenvalue weighted by Crippen LogP contribution is -2.35. The van der Waals surface area contributed by atoms with Crippen molar-refractivity contribution in [3.63, 3.8) is 0 Å². The summed E-state index contributed by atoms with van der Waals surface area (Å²) >= 11 is 0. The van der Waals surface area contributed by atoms with Crippen molar-refractivity contribution in [2.75, 3.05) is 11.9 Å². The molecule has 3 rings (SSSR count). The number of hydrogen-bond donors (Lipinski definition) is 2. The third-order valence-electron chi connectivity index (χ3n) is 3.94. The van der Waals surface area contributed by atoms with Gasteiger partial charge in [-0.1, -0.05) is 18.2 Å². The first-order chi connectivity index (χ1) is 10.2. The minimum atomic E-state index is -0.161. The zero-order valence-corrected chi connectivity index (χ0v) is 11.8. The summed E-state index contributed by atoms with van der Waals surface area (Å²) in [6.07, 6.45) is 4.18. The van der Waals surface area contributed by atoms with Gasteiger partial charge in [0.2, 0.25) is 0 Å². The largest absolute Gasteiger partial charge is 0.370 e. The van der Waals surface area contributed by atoms with E-state index in [1.165, 1.54) is 6.07 Å². The molecular weight excluding hydrogens is 267 g/mol. The molecule has 0 spiro atoms. The molecule has 21 heavy (non-hydrogen) atoms. The van der Waals surface area contributed by atoms with Crippen molar-refractivity contribution in [2.24, 2.45) is 5.73 Å². The first-order valence-electron chi connectivity index (χ1n) is 7.27. The predicted molar refractivity (Wildman–Crippen MR) is 80.6 cm³/mol. The number of nitrogens with one attached hydrogen (secondary N) is 1. The van der Waals surface area contributed by atoms with Gasteiger partial charge in [-0.05, 0) is 30.9 Å². The third-order valence-corrected chi connectivity index (χ3v) is 3.94. The van der Waals surface area contributed by atoms with Crippen LogP contribution in [0.5, 0.6) is 0 Å². The van der Waals surface area contributed by atoms with Gasteiger partial charge in [0.1, 0.15) is 18.0 Å². The molecule has 2 aromatic rings. The third kappa shape index (κ3) is 3.36. The van der Waals surface area contributed by atoms with Crippen LogP contribution in [0.4, 0.5) is 10.2 Å². The minimum absolute atomic E-state index is 0.161. The summed E-state index contributed by atoms with van der Waals surface area (Å²) < 4.78 is 13.5. The van der Waals surface area contributed by atoms with Crippen LogP contribution in [0.3, 0.4) is 0 Å². The van der Waals surface area contributed by atoms with Crippen LogP contribution in [-0.2, 0) is 6.42 Å². The molecule has 0 radical (unpaired) electrons. The maximum Gasteiger partial charge on any atom is 0.129 e. The molecule has 0 atom stereocenters. The number of rotatable bonds is 5. The van der Waals surface area contributed by atoms with Crippen molar-refractivity contribution in [3.8, 4) is 0 Å². The average molecular weight is 286 g/mol. The van der Waals surface area contributed by atoms with E-state index in [1.54, 1.807) is 18.5 Å². The topological polar surface area (TPSA) is 63.8 Å². The zero-order chi connectivity index (χ0) is 14.7. The lowest BCUT2D eigenvalue weighted by atomic mass is 9.79. The van der Waals surface area contributed by atoms with E-state index in [2.05, 4.69) is 15.3 Å². The Labute approximate surface area is 123 Å². The highest BCUT2D eigenvalue weighted by molar-refractivity contribution is 5.36. The molecule has 0 bridgehead atoms. The van der Waals surface area contributed by atoms with Crippen LogP contribution >= 0.6 is 0 Å². The monoisotopic (exact) mass is 286 g/mol. The van der Waals surface area contributed by atoms with E-state index in [0.29, 0.717) is 30.5 Å². The van der Waals surface area contributed by atoms with Crippen LogP contribution in [0, 0.1) is 5.82 Å². The van der Waals surface area contributed by atoms with E-state index in [4.69, 9.17) is 5.73 Å². The molecule has 0 aliphatic heterocycles. The Hall–Kier alpha value is -2.01. The van der Waals surface area contributed by atoms with Gasteiger partial charge in [-0.25, -0.2) is 14.4 Å². The van der Waals surface area contributed by atoms with Gasteiger partial charge in [-0.15, -0.1) is 0 Å². The fourth-order valence-corrected chi connectivity index (χ4v) is 2.62. The Kier molecular flexibility index (Phi) is 4.10. The number of hydrogen-bond acceptors (Lipinski definition) is 4. The van der Waals surface area contributed by atoms with Crippen molar-refractivity contribution in [2.45, 2.75) is 31.2 Å². The maximum atomic E-state index is 13.5. The highest BCUT2D eigenvalue weighted by Gasteiger charge is 2.28. The molecular formula is C16H19FN4. The van der Waals surface area contributed by atoms with Crippen LogP contribution in [0.1, 0.15) is 30.0 Å². The lowest BCUT2D eigenvalue weighted by Gasteiger charge is -2.31. The standard InChI is InChI=1S/C16H19FN4/c17-14-4-2-1-3-11(14)5-6-19-16-9-15(20-10-21-16)12-7-13(18)8-12/h1-4,9-10,12-13H,5-8,18H2,(H,19,20,21). The van der Waals surface area contributed by atoms with Crippen molar-refractivity contribution in [1.82, 2.24) is 9.97 Å². The summed E-state index contributed by atoms with van der Waals surface area (Å²) in [5.41, 5.74) is 7.56. The molecule has 3 N–H and O–H groups in total. The van der Waals surface area contributed by atoms with Crippen molar-refractivity contribution < 1.29 is 4.39 Å². The van der Waals surface area contributed by atoms with Gasteiger partial charge in [0.05, 0.1) is 0 Å². The molecule has 110 valence electrons. The van der Waals surface area contributed by atoms with Crippen molar-refractivity contribution in [1.29, 1.82) is 0 Å². The molecule has 1 aromatic carbocycles. The SMILES string of the molecule is NC1CC(c2cc(NCCc3ccccc3F)ncn2)C1. The quantitative estimate of drug-likeness (QED) is 0.886. The molecule has 1 aromatic heterocycles. The molecule has 1 aliphatic carbocycles. The zero-order valence-electron chi connectivity index (χ0n) is 11.8. The van der Waals surface area contributed by atoms with Gasteiger partial charge >= 0.3 is 0 Å². The smallest absolute Gasteiger partial charge is 0.129 e. The Morgan fingerprint density at radius 1 is 1.24 bits per heavy atom. The fourth-order valence-electron chi connectivity index (χ4n) is 2.62. The molecule has 4 nitrogen and oxygen atoms in total. The Morgan fingerprint density at radius 2 is 2.05 bits per heavy atom.